The number of hydrogen-bond acceptors (Lipinski definition) is 4. The molecule has 0 unspecified atom stereocenters. The van der Waals surface area contributed by atoms with E-state index in [-0.39, 0.29) is 17.6 Å². The third kappa shape index (κ3) is 4.36. The summed E-state index contributed by atoms with van der Waals surface area (Å²) >= 11 is 0. The lowest BCUT2D eigenvalue weighted by Gasteiger charge is -2.37. The van der Waals surface area contributed by atoms with Gasteiger partial charge in [0, 0.05) is 19.1 Å². The Kier molecular flexibility index (Phi) is 6.04. The molecule has 152 valence electrons. The Morgan fingerprint density at radius 1 is 1.29 bits per heavy atom. The minimum absolute atomic E-state index is 0.239. The first-order chi connectivity index (χ1) is 13.4. The van der Waals surface area contributed by atoms with Crippen LogP contribution in [0.1, 0.15) is 28.9 Å². The predicted octanol–water partition coefficient (Wildman–Crippen LogP) is 2.64. The summed E-state index contributed by atoms with van der Waals surface area (Å²) in [5.74, 6) is -0.788. The number of aromatic nitrogens is 2. The van der Waals surface area contributed by atoms with Crippen molar-refractivity contribution >= 4 is 5.91 Å². The van der Waals surface area contributed by atoms with Gasteiger partial charge >= 0.3 is 6.18 Å². The Morgan fingerprint density at radius 2 is 1.96 bits per heavy atom. The van der Waals surface area contributed by atoms with E-state index in [2.05, 4.69) is 15.7 Å². The largest absolute Gasteiger partial charge is 0.434 e. The number of ether oxygens (including phenoxy) is 1. The first-order valence-corrected chi connectivity index (χ1v) is 9.05. The van der Waals surface area contributed by atoms with E-state index >= 15 is 0 Å². The summed E-state index contributed by atoms with van der Waals surface area (Å²) in [5, 5.41) is 9.73. The number of alkyl halides is 3. The zero-order valence-corrected chi connectivity index (χ0v) is 15.6. The summed E-state index contributed by atoms with van der Waals surface area (Å²) in [4.78, 5) is 12.6. The highest BCUT2D eigenvalue weighted by atomic mass is 19.4. The molecule has 0 spiro atoms. The number of nitrogens with one attached hydrogen (secondary N) is 2. The maximum Gasteiger partial charge on any atom is 0.434 e. The second kappa shape index (κ2) is 8.32. The van der Waals surface area contributed by atoms with Crippen LogP contribution >= 0.6 is 0 Å². The molecule has 0 aliphatic carbocycles. The smallest absolute Gasteiger partial charge is 0.384 e. The molecular formula is C19H23F3N4O2. The number of nitrogens with zero attached hydrogens (tertiary/aromatic N) is 2. The summed E-state index contributed by atoms with van der Waals surface area (Å²) in [6.07, 6.45) is -2.21. The lowest BCUT2D eigenvalue weighted by atomic mass is 9.79. The van der Waals surface area contributed by atoms with Gasteiger partial charge in [-0.1, -0.05) is 18.2 Å². The van der Waals surface area contributed by atoms with Gasteiger partial charge in [0.15, 0.2) is 5.69 Å². The van der Waals surface area contributed by atoms with Crippen LogP contribution in [0.15, 0.2) is 36.5 Å². The Balaban J connectivity index is 1.84. The average Bonchev–Trinajstić information content (AvgIpc) is 3.14. The summed E-state index contributed by atoms with van der Waals surface area (Å²) < 4.78 is 47.2. The van der Waals surface area contributed by atoms with Gasteiger partial charge < -0.3 is 15.4 Å². The van der Waals surface area contributed by atoms with E-state index in [1.54, 1.807) is 25.3 Å². The summed E-state index contributed by atoms with van der Waals surface area (Å²) in [6, 6.07) is 7.94. The molecule has 1 aromatic carbocycles. The zero-order valence-electron chi connectivity index (χ0n) is 15.6. The van der Waals surface area contributed by atoms with Gasteiger partial charge in [0.25, 0.3) is 5.91 Å². The monoisotopic (exact) mass is 396 g/mol. The van der Waals surface area contributed by atoms with Crippen molar-refractivity contribution < 1.29 is 22.7 Å². The molecule has 1 saturated heterocycles. The van der Waals surface area contributed by atoms with Crippen LogP contribution in [0.3, 0.4) is 0 Å². The average molecular weight is 396 g/mol. The molecule has 0 radical (unpaired) electrons. The highest BCUT2D eigenvalue weighted by Crippen LogP contribution is 2.34. The van der Waals surface area contributed by atoms with Gasteiger partial charge in [0.2, 0.25) is 0 Å². The molecule has 0 bridgehead atoms. The third-order valence-electron chi connectivity index (χ3n) is 5.02. The van der Waals surface area contributed by atoms with Crippen LogP contribution in [0, 0.1) is 5.41 Å². The standard InChI is InChI=1S/C19H23F3N4O2/c1-28-13-18(7-9-23-10-8-18)12-24-17(27)15-11-25-26(16(15)19(20,21)22)14-5-3-2-4-6-14/h2-6,11,23H,7-10,12-13H2,1H3,(H,24,27). The second-order valence-electron chi connectivity index (χ2n) is 7.02. The molecule has 6 nitrogen and oxygen atoms in total. The number of benzene rings is 1. The first-order valence-electron chi connectivity index (χ1n) is 9.05. The van der Waals surface area contributed by atoms with E-state index < -0.39 is 23.3 Å². The number of para-hydroxylation sites is 1. The molecule has 1 amide bonds. The predicted molar refractivity (Wildman–Crippen MR) is 97.3 cm³/mol. The topological polar surface area (TPSA) is 68.2 Å². The molecule has 9 heteroatoms. The highest BCUT2D eigenvalue weighted by Gasteiger charge is 2.41. The first kappa shape index (κ1) is 20.3. The van der Waals surface area contributed by atoms with Crippen LogP contribution in [0.4, 0.5) is 13.2 Å². The molecule has 1 fully saturated rings. The van der Waals surface area contributed by atoms with Gasteiger partial charge in [-0.25, -0.2) is 4.68 Å². The normalized spacial score (nSPS) is 16.7. The number of carbonyl (C=O) groups is 1. The SMILES string of the molecule is COCC1(CNC(=O)c2cnn(-c3ccccc3)c2C(F)(F)F)CCNCC1. The Labute approximate surface area is 161 Å². The molecule has 3 rings (SSSR count). The van der Waals surface area contributed by atoms with Gasteiger partial charge in [0.1, 0.15) is 0 Å². The van der Waals surface area contributed by atoms with Gasteiger partial charge in [-0.15, -0.1) is 0 Å². The van der Waals surface area contributed by atoms with Crippen molar-refractivity contribution in [3.8, 4) is 5.69 Å². The summed E-state index contributed by atoms with van der Waals surface area (Å²) in [5.41, 5.74) is -1.62. The van der Waals surface area contributed by atoms with Crippen molar-refractivity contribution in [2.75, 3.05) is 33.4 Å². The fraction of sp³-hybridized carbons (Fsp3) is 0.474. The van der Waals surface area contributed by atoms with Gasteiger partial charge in [-0.05, 0) is 38.1 Å². The molecule has 2 N–H and O–H groups in total. The number of hydrogen-bond donors (Lipinski definition) is 2. The minimum Gasteiger partial charge on any atom is -0.384 e. The van der Waals surface area contributed by atoms with E-state index in [1.807, 2.05) is 0 Å². The molecule has 0 atom stereocenters. The van der Waals surface area contributed by atoms with E-state index in [4.69, 9.17) is 4.74 Å². The van der Waals surface area contributed by atoms with Crippen LogP contribution < -0.4 is 10.6 Å². The number of halogens is 3. The maximum absolute atomic E-state index is 13.7. The molecular weight excluding hydrogens is 373 g/mol. The lowest BCUT2D eigenvalue weighted by Crippen LogP contribution is -2.47. The molecule has 2 aromatic rings. The van der Waals surface area contributed by atoms with Gasteiger partial charge in [0.05, 0.1) is 24.1 Å². The van der Waals surface area contributed by atoms with Crippen LogP contribution in [0.2, 0.25) is 0 Å². The molecule has 1 aliphatic rings. The fourth-order valence-electron chi connectivity index (χ4n) is 3.55. The van der Waals surface area contributed by atoms with E-state index in [1.165, 1.54) is 12.1 Å². The molecule has 1 aliphatic heterocycles. The number of rotatable bonds is 6. The Bertz CT molecular complexity index is 794. The van der Waals surface area contributed by atoms with Crippen LogP contribution in [0.5, 0.6) is 0 Å². The Morgan fingerprint density at radius 3 is 2.57 bits per heavy atom. The number of methoxy groups -OCH3 is 1. The molecule has 1 aromatic heterocycles. The fourth-order valence-corrected chi connectivity index (χ4v) is 3.55. The highest BCUT2D eigenvalue weighted by molar-refractivity contribution is 5.95. The van der Waals surface area contributed by atoms with E-state index in [0.29, 0.717) is 6.61 Å². The molecule has 2 heterocycles. The van der Waals surface area contributed by atoms with E-state index in [0.717, 1.165) is 36.8 Å². The van der Waals surface area contributed by atoms with Crippen LogP contribution in [-0.2, 0) is 10.9 Å². The number of piperidine rings is 1. The van der Waals surface area contributed by atoms with Crippen molar-refractivity contribution in [3.63, 3.8) is 0 Å². The second-order valence-corrected chi connectivity index (χ2v) is 7.02. The summed E-state index contributed by atoms with van der Waals surface area (Å²) in [7, 11) is 1.58. The van der Waals surface area contributed by atoms with Gasteiger partial charge in [-0.3, -0.25) is 4.79 Å². The third-order valence-corrected chi connectivity index (χ3v) is 5.02. The van der Waals surface area contributed by atoms with Crippen molar-refractivity contribution in [1.82, 2.24) is 20.4 Å². The quantitative estimate of drug-likeness (QED) is 0.788. The number of amides is 1. The van der Waals surface area contributed by atoms with Crippen LogP contribution in [-0.4, -0.2) is 49.0 Å². The Hall–Kier alpha value is -2.39. The molecule has 0 saturated carbocycles. The van der Waals surface area contributed by atoms with Crippen molar-refractivity contribution in [1.29, 1.82) is 0 Å². The maximum atomic E-state index is 13.7. The minimum atomic E-state index is -4.72. The number of carbonyl (C=O) groups excluding carboxylic acids is 1. The van der Waals surface area contributed by atoms with E-state index in [9.17, 15) is 18.0 Å². The molecule has 28 heavy (non-hydrogen) atoms. The summed E-state index contributed by atoms with van der Waals surface area (Å²) in [6.45, 7) is 2.23. The van der Waals surface area contributed by atoms with Crippen molar-refractivity contribution in [3.05, 3.63) is 47.8 Å². The zero-order chi connectivity index (χ0) is 20.2. The van der Waals surface area contributed by atoms with Crippen LogP contribution in [0.25, 0.3) is 5.69 Å². The lowest BCUT2D eigenvalue weighted by molar-refractivity contribution is -0.143. The van der Waals surface area contributed by atoms with Crippen molar-refractivity contribution in [2.45, 2.75) is 19.0 Å². The van der Waals surface area contributed by atoms with Crippen molar-refractivity contribution in [2.24, 2.45) is 5.41 Å². The van der Waals surface area contributed by atoms with Gasteiger partial charge in [-0.2, -0.15) is 18.3 Å².